The minimum absolute atomic E-state index is 0.706. The minimum atomic E-state index is 0.706. The van der Waals surface area contributed by atoms with Crippen LogP contribution >= 0.6 is 11.3 Å². The van der Waals surface area contributed by atoms with E-state index < -0.39 is 0 Å². The fourth-order valence-corrected chi connectivity index (χ4v) is 3.51. The standard InChI is InChI=1S/C13H23N3S/c1-2-11-10-17-13(15-11)16(9-5-8-14)12-6-3-4-7-12/h10,12H,2-9,14H2,1H3. The molecule has 0 bridgehead atoms. The Morgan fingerprint density at radius 2 is 2.24 bits per heavy atom. The summed E-state index contributed by atoms with van der Waals surface area (Å²) < 4.78 is 0. The van der Waals surface area contributed by atoms with Gasteiger partial charge >= 0.3 is 0 Å². The first kappa shape index (κ1) is 12.8. The molecule has 0 atom stereocenters. The molecule has 0 spiro atoms. The molecule has 3 nitrogen and oxygen atoms in total. The van der Waals surface area contributed by atoms with Gasteiger partial charge in [-0.2, -0.15) is 0 Å². The Morgan fingerprint density at radius 1 is 1.47 bits per heavy atom. The predicted molar refractivity (Wildman–Crippen MR) is 74.8 cm³/mol. The normalized spacial score (nSPS) is 16.6. The van der Waals surface area contributed by atoms with Gasteiger partial charge in [0.25, 0.3) is 0 Å². The summed E-state index contributed by atoms with van der Waals surface area (Å²) in [4.78, 5) is 7.23. The number of hydrogen-bond acceptors (Lipinski definition) is 4. The lowest BCUT2D eigenvalue weighted by Crippen LogP contribution is -2.35. The zero-order chi connectivity index (χ0) is 12.1. The number of nitrogens with zero attached hydrogens (tertiary/aromatic N) is 2. The van der Waals surface area contributed by atoms with Gasteiger partial charge in [-0.1, -0.05) is 19.8 Å². The summed E-state index contributed by atoms with van der Waals surface area (Å²) in [6.45, 7) is 4.01. The van der Waals surface area contributed by atoms with Gasteiger partial charge in [0.1, 0.15) is 0 Å². The van der Waals surface area contributed by atoms with Gasteiger partial charge in [0.05, 0.1) is 5.69 Å². The van der Waals surface area contributed by atoms with Crippen LogP contribution in [0.15, 0.2) is 5.38 Å². The van der Waals surface area contributed by atoms with Crippen LogP contribution in [0.3, 0.4) is 0 Å². The van der Waals surface area contributed by atoms with E-state index >= 15 is 0 Å². The average Bonchev–Trinajstić information content (AvgIpc) is 3.00. The number of hydrogen-bond donors (Lipinski definition) is 1. The van der Waals surface area contributed by atoms with E-state index in [4.69, 9.17) is 10.7 Å². The van der Waals surface area contributed by atoms with Crippen molar-refractivity contribution in [3.05, 3.63) is 11.1 Å². The fourth-order valence-electron chi connectivity index (χ4n) is 2.50. The molecule has 1 saturated carbocycles. The Labute approximate surface area is 108 Å². The summed E-state index contributed by atoms with van der Waals surface area (Å²) in [5, 5.41) is 3.40. The van der Waals surface area contributed by atoms with Gasteiger partial charge in [-0.15, -0.1) is 11.3 Å². The zero-order valence-corrected chi connectivity index (χ0v) is 11.5. The molecule has 1 aromatic heterocycles. The molecule has 1 heterocycles. The van der Waals surface area contributed by atoms with Gasteiger partial charge in [-0.25, -0.2) is 4.98 Å². The third-order valence-electron chi connectivity index (χ3n) is 3.52. The molecule has 0 amide bonds. The molecule has 4 heteroatoms. The molecule has 1 aromatic rings. The zero-order valence-electron chi connectivity index (χ0n) is 10.7. The van der Waals surface area contributed by atoms with Crippen LogP contribution in [0.5, 0.6) is 0 Å². The van der Waals surface area contributed by atoms with Gasteiger partial charge in [0.15, 0.2) is 5.13 Å². The Balaban J connectivity index is 2.07. The molecule has 0 aliphatic heterocycles. The summed E-state index contributed by atoms with van der Waals surface area (Å²) in [6.07, 6.45) is 7.49. The topological polar surface area (TPSA) is 42.1 Å². The van der Waals surface area contributed by atoms with Crippen LogP contribution in [0.25, 0.3) is 0 Å². The molecule has 1 aliphatic carbocycles. The van der Waals surface area contributed by atoms with Crippen molar-refractivity contribution in [2.24, 2.45) is 5.73 Å². The van der Waals surface area contributed by atoms with Gasteiger partial charge in [0.2, 0.25) is 0 Å². The van der Waals surface area contributed by atoms with Crippen molar-refractivity contribution in [3.8, 4) is 0 Å². The van der Waals surface area contributed by atoms with Crippen LogP contribution in [-0.4, -0.2) is 24.1 Å². The summed E-state index contributed by atoms with van der Waals surface area (Å²) in [5.41, 5.74) is 6.86. The smallest absolute Gasteiger partial charge is 0.185 e. The second kappa shape index (κ2) is 6.36. The molecule has 2 N–H and O–H groups in total. The summed E-state index contributed by atoms with van der Waals surface area (Å²) >= 11 is 1.79. The van der Waals surface area contributed by atoms with Crippen LogP contribution in [-0.2, 0) is 6.42 Å². The molecule has 17 heavy (non-hydrogen) atoms. The van der Waals surface area contributed by atoms with Gasteiger partial charge in [-0.05, 0) is 32.2 Å². The van der Waals surface area contributed by atoms with E-state index in [0.29, 0.717) is 6.04 Å². The third kappa shape index (κ3) is 3.19. The first-order chi connectivity index (χ1) is 8.35. The van der Waals surface area contributed by atoms with Crippen molar-refractivity contribution in [2.45, 2.75) is 51.5 Å². The number of thiazole rings is 1. The van der Waals surface area contributed by atoms with Gasteiger partial charge in [0, 0.05) is 18.0 Å². The van der Waals surface area contributed by atoms with Crippen molar-refractivity contribution in [1.82, 2.24) is 4.98 Å². The van der Waals surface area contributed by atoms with E-state index in [1.54, 1.807) is 11.3 Å². The van der Waals surface area contributed by atoms with Crippen molar-refractivity contribution < 1.29 is 0 Å². The van der Waals surface area contributed by atoms with E-state index in [2.05, 4.69) is 17.2 Å². The molecule has 96 valence electrons. The second-order valence-electron chi connectivity index (χ2n) is 4.75. The van der Waals surface area contributed by atoms with Crippen LogP contribution < -0.4 is 10.6 Å². The lowest BCUT2D eigenvalue weighted by Gasteiger charge is -2.28. The molecule has 1 aliphatic rings. The highest BCUT2D eigenvalue weighted by atomic mass is 32.1. The maximum Gasteiger partial charge on any atom is 0.185 e. The Morgan fingerprint density at radius 3 is 2.82 bits per heavy atom. The number of rotatable bonds is 6. The van der Waals surface area contributed by atoms with E-state index in [0.717, 1.165) is 25.9 Å². The van der Waals surface area contributed by atoms with Gasteiger partial charge < -0.3 is 10.6 Å². The van der Waals surface area contributed by atoms with Crippen LogP contribution in [0.2, 0.25) is 0 Å². The highest BCUT2D eigenvalue weighted by molar-refractivity contribution is 7.13. The maximum absolute atomic E-state index is 5.64. The van der Waals surface area contributed by atoms with Crippen LogP contribution in [0.4, 0.5) is 5.13 Å². The first-order valence-electron chi connectivity index (χ1n) is 6.76. The van der Waals surface area contributed by atoms with E-state index in [9.17, 15) is 0 Å². The quantitative estimate of drug-likeness (QED) is 0.847. The van der Waals surface area contributed by atoms with Crippen molar-refractivity contribution in [2.75, 3.05) is 18.0 Å². The minimum Gasteiger partial charge on any atom is -0.345 e. The van der Waals surface area contributed by atoms with Gasteiger partial charge in [-0.3, -0.25) is 0 Å². The monoisotopic (exact) mass is 253 g/mol. The fraction of sp³-hybridized carbons (Fsp3) is 0.769. The lowest BCUT2D eigenvalue weighted by molar-refractivity contribution is 0.591. The molecule has 0 aromatic carbocycles. The average molecular weight is 253 g/mol. The van der Waals surface area contributed by atoms with Crippen molar-refractivity contribution in [3.63, 3.8) is 0 Å². The highest BCUT2D eigenvalue weighted by Gasteiger charge is 2.24. The summed E-state index contributed by atoms with van der Waals surface area (Å²) in [6, 6.07) is 0.706. The first-order valence-corrected chi connectivity index (χ1v) is 7.64. The molecule has 0 unspecified atom stereocenters. The second-order valence-corrected chi connectivity index (χ2v) is 5.59. The van der Waals surface area contributed by atoms with Crippen LogP contribution in [0.1, 0.15) is 44.7 Å². The largest absolute Gasteiger partial charge is 0.345 e. The number of nitrogens with two attached hydrogens (primary N) is 1. The van der Waals surface area contributed by atoms with Crippen molar-refractivity contribution >= 4 is 16.5 Å². The number of aryl methyl sites for hydroxylation is 1. The summed E-state index contributed by atoms with van der Waals surface area (Å²) in [7, 11) is 0. The highest BCUT2D eigenvalue weighted by Crippen LogP contribution is 2.30. The number of anilines is 1. The Hall–Kier alpha value is -0.610. The SMILES string of the molecule is CCc1csc(N(CCCN)C2CCCC2)n1. The molecule has 0 saturated heterocycles. The molecular weight excluding hydrogens is 230 g/mol. The summed E-state index contributed by atoms with van der Waals surface area (Å²) in [5.74, 6) is 0. The molecule has 1 fully saturated rings. The molecular formula is C13H23N3S. The number of aromatic nitrogens is 1. The third-order valence-corrected chi connectivity index (χ3v) is 4.44. The van der Waals surface area contributed by atoms with E-state index in [1.807, 2.05) is 0 Å². The van der Waals surface area contributed by atoms with E-state index in [-0.39, 0.29) is 0 Å². The van der Waals surface area contributed by atoms with E-state index in [1.165, 1.54) is 36.5 Å². The molecule has 2 rings (SSSR count). The lowest BCUT2D eigenvalue weighted by atomic mass is 10.2. The predicted octanol–water partition coefficient (Wildman–Crippen LogP) is 2.80. The Kier molecular flexibility index (Phi) is 4.80. The Bertz CT molecular complexity index is 331. The molecule has 0 radical (unpaired) electrons. The van der Waals surface area contributed by atoms with Crippen molar-refractivity contribution in [1.29, 1.82) is 0 Å². The van der Waals surface area contributed by atoms with Crippen LogP contribution in [0, 0.1) is 0 Å². The maximum atomic E-state index is 5.64.